The Morgan fingerprint density at radius 3 is 2.37 bits per heavy atom. The fourth-order valence-electron chi connectivity index (χ4n) is 4.59. The minimum absolute atomic E-state index is 0.168. The summed E-state index contributed by atoms with van der Waals surface area (Å²) >= 11 is 0. The lowest BCUT2D eigenvalue weighted by molar-refractivity contribution is -0.114. The van der Waals surface area contributed by atoms with Crippen LogP contribution >= 0.6 is 0 Å². The lowest BCUT2D eigenvalue weighted by atomic mass is 9.95. The third kappa shape index (κ3) is 3.63. The van der Waals surface area contributed by atoms with Gasteiger partial charge < -0.3 is 5.32 Å². The fraction of sp³-hybridized carbons (Fsp3) is 0.231. The smallest absolute Gasteiger partial charge is 0.324 e. The first kappa shape index (κ1) is 22.9. The third-order valence-corrected chi connectivity index (χ3v) is 8.36. The van der Waals surface area contributed by atoms with Crippen LogP contribution in [0.5, 0.6) is 0 Å². The van der Waals surface area contributed by atoms with Crippen molar-refractivity contribution in [1.82, 2.24) is 9.13 Å². The van der Waals surface area contributed by atoms with E-state index in [2.05, 4.69) is 19.2 Å². The van der Waals surface area contributed by atoms with E-state index in [1.54, 1.807) is 56.6 Å². The Kier molecular flexibility index (Phi) is 5.32. The number of aryl methyl sites for hydroxylation is 2. The molecular weight excluding hydrogens is 464 g/mol. The first-order chi connectivity index (χ1) is 16.6. The van der Waals surface area contributed by atoms with E-state index < -0.39 is 15.9 Å². The number of nitrogens with zero attached hydrogens (tertiary/aromatic N) is 3. The van der Waals surface area contributed by atoms with Crippen molar-refractivity contribution in [2.45, 2.75) is 24.7 Å². The van der Waals surface area contributed by atoms with E-state index in [4.69, 9.17) is 0 Å². The summed E-state index contributed by atoms with van der Waals surface area (Å²) in [6.07, 6.45) is 0. The van der Waals surface area contributed by atoms with Crippen molar-refractivity contribution in [2.75, 3.05) is 16.2 Å². The van der Waals surface area contributed by atoms with E-state index in [-0.39, 0.29) is 23.0 Å². The molecule has 1 aliphatic heterocycles. The number of fused-ring (bicyclic) bond motifs is 4. The highest BCUT2D eigenvalue weighted by Crippen LogP contribution is 2.44. The van der Waals surface area contributed by atoms with Gasteiger partial charge in [0, 0.05) is 30.9 Å². The van der Waals surface area contributed by atoms with Crippen molar-refractivity contribution in [3.63, 3.8) is 0 Å². The molecule has 0 unspecified atom stereocenters. The van der Waals surface area contributed by atoms with Crippen LogP contribution in [0.3, 0.4) is 0 Å². The molecule has 0 aliphatic carbocycles. The quantitative estimate of drug-likeness (QED) is 0.471. The lowest BCUT2D eigenvalue weighted by Gasteiger charge is -2.32. The topological polar surface area (TPSA) is 93.4 Å². The molecule has 1 N–H and O–H groups in total. The minimum Gasteiger partial charge on any atom is -0.324 e. The molecule has 3 aromatic carbocycles. The molecule has 8 nitrogen and oxygen atoms in total. The molecule has 1 aromatic heterocycles. The highest BCUT2D eigenvalue weighted by molar-refractivity contribution is 7.93. The Bertz CT molecular complexity index is 1660. The molecule has 9 heteroatoms. The molecule has 0 saturated carbocycles. The van der Waals surface area contributed by atoms with Gasteiger partial charge in [0.25, 0.3) is 10.0 Å². The molecule has 0 saturated heterocycles. The van der Waals surface area contributed by atoms with Crippen molar-refractivity contribution >= 4 is 38.3 Å². The van der Waals surface area contributed by atoms with Gasteiger partial charge in [0.2, 0.25) is 5.91 Å². The summed E-state index contributed by atoms with van der Waals surface area (Å²) < 4.78 is 31.3. The van der Waals surface area contributed by atoms with E-state index in [0.29, 0.717) is 22.5 Å². The van der Waals surface area contributed by atoms with Crippen LogP contribution in [0.25, 0.3) is 22.2 Å². The van der Waals surface area contributed by atoms with Crippen molar-refractivity contribution < 1.29 is 13.2 Å². The monoisotopic (exact) mass is 490 g/mol. The van der Waals surface area contributed by atoms with Gasteiger partial charge in [-0.2, -0.15) is 0 Å². The third-order valence-electron chi connectivity index (χ3n) is 6.54. The van der Waals surface area contributed by atoms with Gasteiger partial charge in [0.1, 0.15) is 6.54 Å². The summed E-state index contributed by atoms with van der Waals surface area (Å²) in [5.74, 6) is -0.210. The van der Waals surface area contributed by atoms with E-state index in [1.165, 1.54) is 13.4 Å². The number of nitrogens with one attached hydrogen (secondary N) is 1. The zero-order chi connectivity index (χ0) is 25.1. The van der Waals surface area contributed by atoms with Gasteiger partial charge in [0.15, 0.2) is 0 Å². The fourth-order valence-corrected chi connectivity index (χ4v) is 6.24. The molecule has 0 spiro atoms. The zero-order valence-corrected chi connectivity index (χ0v) is 20.8. The second-order valence-corrected chi connectivity index (χ2v) is 10.9. The molecule has 0 fully saturated rings. The summed E-state index contributed by atoms with van der Waals surface area (Å²) in [6.45, 7) is 3.78. The van der Waals surface area contributed by atoms with Gasteiger partial charge in [-0.15, -0.1) is 0 Å². The van der Waals surface area contributed by atoms with Crippen LogP contribution in [0.15, 0.2) is 70.4 Å². The Morgan fingerprint density at radius 1 is 0.914 bits per heavy atom. The number of hydrogen-bond acceptors (Lipinski definition) is 4. The van der Waals surface area contributed by atoms with Gasteiger partial charge in [-0.05, 0) is 47.9 Å². The van der Waals surface area contributed by atoms with Crippen LogP contribution in [0.2, 0.25) is 0 Å². The van der Waals surface area contributed by atoms with E-state index in [0.717, 1.165) is 16.6 Å². The average Bonchev–Trinajstić information content (AvgIpc) is 3.05. The maximum atomic E-state index is 13.5. The van der Waals surface area contributed by atoms with E-state index >= 15 is 0 Å². The summed E-state index contributed by atoms with van der Waals surface area (Å²) in [7, 11) is -0.589. The highest BCUT2D eigenvalue weighted by atomic mass is 32.2. The molecule has 0 bridgehead atoms. The molecule has 180 valence electrons. The normalized spacial score (nSPS) is 14.1. The molecule has 1 amide bonds. The number of amides is 1. The SMILES string of the molecule is CC(C)c1ccc2c(c1)-c1ccccc1S(=O)(=O)N2CC(=O)Nc1ccc2c(c1)n(C)c(=O)n2C. The van der Waals surface area contributed by atoms with Crippen LogP contribution in [0, 0.1) is 0 Å². The van der Waals surface area contributed by atoms with Crippen LogP contribution in [0.4, 0.5) is 11.4 Å². The maximum Gasteiger partial charge on any atom is 0.328 e. The van der Waals surface area contributed by atoms with Crippen molar-refractivity contribution in [1.29, 1.82) is 0 Å². The summed E-state index contributed by atoms with van der Waals surface area (Å²) in [5, 5.41) is 2.79. The number of carbonyl (C=O) groups excluding carboxylic acids is 1. The van der Waals surface area contributed by atoms with Gasteiger partial charge >= 0.3 is 5.69 Å². The molecule has 35 heavy (non-hydrogen) atoms. The molecular formula is C26H26N4O4S. The average molecular weight is 491 g/mol. The number of sulfonamides is 1. The number of hydrogen-bond donors (Lipinski definition) is 1. The Hall–Kier alpha value is -3.85. The number of rotatable bonds is 4. The Labute approximate surface area is 203 Å². The Balaban J connectivity index is 1.51. The van der Waals surface area contributed by atoms with Crippen LogP contribution in [0.1, 0.15) is 25.3 Å². The number of aromatic nitrogens is 2. The second kappa shape index (κ2) is 8.13. The summed E-state index contributed by atoms with van der Waals surface area (Å²) in [4.78, 5) is 25.5. The van der Waals surface area contributed by atoms with Gasteiger partial charge in [-0.3, -0.25) is 18.2 Å². The molecule has 0 radical (unpaired) electrons. The van der Waals surface area contributed by atoms with Crippen molar-refractivity contribution in [3.8, 4) is 11.1 Å². The molecule has 2 heterocycles. The first-order valence-corrected chi connectivity index (χ1v) is 12.7. The van der Waals surface area contributed by atoms with Crippen LogP contribution in [-0.2, 0) is 28.9 Å². The maximum absolute atomic E-state index is 13.5. The molecule has 1 aliphatic rings. The predicted molar refractivity (Wildman–Crippen MR) is 137 cm³/mol. The van der Waals surface area contributed by atoms with Crippen molar-refractivity contribution in [3.05, 3.63) is 76.7 Å². The van der Waals surface area contributed by atoms with E-state index in [1.807, 2.05) is 18.2 Å². The summed E-state index contributed by atoms with van der Waals surface area (Å²) in [6, 6.07) is 17.7. The van der Waals surface area contributed by atoms with Crippen LogP contribution in [-0.4, -0.2) is 30.0 Å². The lowest BCUT2D eigenvalue weighted by Crippen LogP contribution is -2.40. The standard InChI is InChI=1S/C26H26N4O4S/c1-16(2)17-9-11-21-20(13-17)19-7-5-6-8-24(19)35(33,34)30(21)15-25(31)27-18-10-12-22-23(14-18)29(4)26(32)28(22)3/h5-14,16H,15H2,1-4H3,(H,27,31). The second-order valence-electron chi connectivity index (χ2n) is 9.09. The molecule has 0 atom stereocenters. The van der Waals surface area contributed by atoms with Gasteiger partial charge in [-0.25, -0.2) is 13.2 Å². The van der Waals surface area contributed by atoms with Crippen molar-refractivity contribution in [2.24, 2.45) is 14.1 Å². The predicted octanol–water partition coefficient (Wildman–Crippen LogP) is 3.81. The number of benzene rings is 3. The molecule has 5 rings (SSSR count). The first-order valence-electron chi connectivity index (χ1n) is 11.3. The summed E-state index contributed by atoms with van der Waals surface area (Å²) in [5.41, 5.74) is 4.70. The minimum atomic E-state index is -3.94. The van der Waals surface area contributed by atoms with Crippen LogP contribution < -0.4 is 15.3 Å². The number of anilines is 2. The van der Waals surface area contributed by atoms with E-state index in [9.17, 15) is 18.0 Å². The van der Waals surface area contributed by atoms with Gasteiger partial charge in [0.05, 0.1) is 21.6 Å². The molecule has 4 aromatic rings. The number of imidazole rings is 1. The largest absolute Gasteiger partial charge is 0.328 e. The Morgan fingerprint density at radius 2 is 1.63 bits per heavy atom. The highest BCUT2D eigenvalue weighted by Gasteiger charge is 2.36. The zero-order valence-electron chi connectivity index (χ0n) is 19.9. The number of carbonyl (C=O) groups is 1. The van der Waals surface area contributed by atoms with Gasteiger partial charge in [-0.1, -0.05) is 38.1 Å².